The fraction of sp³-hybridized carbons (Fsp3) is 0.294. The van der Waals surface area contributed by atoms with Crippen molar-refractivity contribution in [3.8, 4) is 0 Å². The minimum absolute atomic E-state index is 0.0561. The summed E-state index contributed by atoms with van der Waals surface area (Å²) in [6, 6.07) is 5.68. The van der Waals surface area contributed by atoms with Crippen molar-refractivity contribution < 1.29 is 9.59 Å². The summed E-state index contributed by atoms with van der Waals surface area (Å²) in [6.07, 6.45) is 1.71. The molecule has 4 heteroatoms. The van der Waals surface area contributed by atoms with Gasteiger partial charge in [-0.25, -0.2) is 0 Å². The minimum Gasteiger partial charge on any atom is -0.328 e. The molecule has 0 radical (unpaired) electrons. The van der Waals surface area contributed by atoms with Gasteiger partial charge in [0.1, 0.15) is 0 Å². The van der Waals surface area contributed by atoms with Crippen LogP contribution < -0.4 is 5.32 Å². The lowest BCUT2D eigenvalue weighted by Gasteiger charge is -2.34. The van der Waals surface area contributed by atoms with Gasteiger partial charge in [0.25, 0.3) is 0 Å². The van der Waals surface area contributed by atoms with Gasteiger partial charge in [0.15, 0.2) is 0 Å². The van der Waals surface area contributed by atoms with Crippen LogP contribution in [0.25, 0.3) is 5.70 Å². The predicted octanol–water partition coefficient (Wildman–Crippen LogP) is 2.52. The summed E-state index contributed by atoms with van der Waals surface area (Å²) < 4.78 is 0. The smallest absolute Gasteiger partial charge is 0.224 e. The second kappa shape index (κ2) is 5.95. The lowest BCUT2D eigenvalue weighted by Crippen LogP contribution is -2.44. The first-order chi connectivity index (χ1) is 9.95. The van der Waals surface area contributed by atoms with Crippen LogP contribution in [0.4, 0.5) is 0 Å². The molecule has 0 aliphatic carbocycles. The van der Waals surface area contributed by atoms with Crippen LogP contribution in [-0.2, 0) is 9.59 Å². The maximum Gasteiger partial charge on any atom is 0.224 e. The van der Waals surface area contributed by atoms with E-state index in [0.29, 0.717) is 24.2 Å². The van der Waals surface area contributed by atoms with Crippen molar-refractivity contribution in [2.24, 2.45) is 0 Å². The molecule has 2 rings (SSSR count). The van der Waals surface area contributed by atoms with Crippen molar-refractivity contribution in [2.45, 2.75) is 32.7 Å². The maximum atomic E-state index is 11.6. The largest absolute Gasteiger partial charge is 0.328 e. The van der Waals surface area contributed by atoms with Crippen molar-refractivity contribution in [1.29, 1.82) is 0 Å². The lowest BCUT2D eigenvalue weighted by atomic mass is 9.97. The Labute approximate surface area is 125 Å². The molecule has 1 aliphatic rings. The molecule has 1 N–H and O–H groups in total. The predicted molar refractivity (Wildman–Crippen MR) is 83.2 cm³/mol. The van der Waals surface area contributed by atoms with Gasteiger partial charge in [-0.05, 0) is 31.4 Å². The summed E-state index contributed by atoms with van der Waals surface area (Å²) in [5, 5.41) is 2.70. The van der Waals surface area contributed by atoms with Gasteiger partial charge in [0, 0.05) is 23.4 Å². The molecule has 1 atom stereocenters. The molecule has 0 bridgehead atoms. The number of carbonyl (C=O) groups is 2. The van der Waals surface area contributed by atoms with Crippen LogP contribution >= 0.6 is 0 Å². The molecule has 1 aromatic rings. The summed E-state index contributed by atoms with van der Waals surface area (Å²) in [5.74, 6) is -0.0561. The third kappa shape index (κ3) is 2.89. The molecule has 1 fully saturated rings. The van der Waals surface area contributed by atoms with Crippen LogP contribution in [0.3, 0.4) is 0 Å². The van der Waals surface area contributed by atoms with Crippen molar-refractivity contribution in [3.05, 3.63) is 53.7 Å². The Bertz CT molecular complexity index is 619. The van der Waals surface area contributed by atoms with Crippen LogP contribution in [-0.4, -0.2) is 23.3 Å². The summed E-state index contributed by atoms with van der Waals surface area (Å²) in [7, 11) is 0. The molecule has 0 aromatic heterocycles. The topological polar surface area (TPSA) is 49.4 Å². The standard InChI is InChI=1S/C17H20N2O2/c1-11-6-5-7-15(12(11)2)14(4)19(10-20)16-8-9-17(21)18-13(16)3/h5-7,10,16H,3-4,8-9H2,1-2H3,(H,18,21). The van der Waals surface area contributed by atoms with E-state index in [2.05, 4.69) is 18.5 Å². The van der Waals surface area contributed by atoms with Gasteiger partial charge in [-0.3, -0.25) is 9.59 Å². The average molecular weight is 284 g/mol. The number of benzene rings is 1. The third-order valence-electron chi connectivity index (χ3n) is 4.02. The van der Waals surface area contributed by atoms with E-state index in [4.69, 9.17) is 0 Å². The maximum absolute atomic E-state index is 11.6. The Hall–Kier alpha value is -2.36. The van der Waals surface area contributed by atoms with E-state index in [1.807, 2.05) is 32.0 Å². The molecule has 1 aliphatic heterocycles. The minimum atomic E-state index is -0.243. The molecule has 1 aromatic carbocycles. The Morgan fingerprint density at radius 1 is 1.43 bits per heavy atom. The molecule has 1 heterocycles. The Morgan fingerprint density at radius 2 is 2.14 bits per heavy atom. The second-order valence-electron chi connectivity index (χ2n) is 5.33. The fourth-order valence-corrected chi connectivity index (χ4v) is 2.60. The number of amides is 2. The normalized spacial score (nSPS) is 18.1. The number of nitrogens with one attached hydrogen (secondary N) is 1. The zero-order valence-electron chi connectivity index (χ0n) is 12.5. The van der Waals surface area contributed by atoms with Crippen molar-refractivity contribution >= 4 is 18.0 Å². The van der Waals surface area contributed by atoms with Crippen LogP contribution in [0.2, 0.25) is 0 Å². The highest BCUT2D eigenvalue weighted by Crippen LogP contribution is 2.28. The zero-order chi connectivity index (χ0) is 15.6. The number of piperidine rings is 1. The second-order valence-corrected chi connectivity index (χ2v) is 5.33. The van der Waals surface area contributed by atoms with Gasteiger partial charge in [-0.2, -0.15) is 0 Å². The highest BCUT2D eigenvalue weighted by Gasteiger charge is 2.28. The molecule has 110 valence electrons. The Balaban J connectivity index is 2.31. The molecule has 21 heavy (non-hydrogen) atoms. The quantitative estimate of drug-likeness (QED) is 0.864. The van der Waals surface area contributed by atoms with Gasteiger partial charge in [0.2, 0.25) is 12.3 Å². The van der Waals surface area contributed by atoms with E-state index < -0.39 is 0 Å². The SMILES string of the molecule is C=C1NC(=O)CCC1N(C=O)C(=C)c1cccc(C)c1C. The number of hydrogen-bond acceptors (Lipinski definition) is 2. The Morgan fingerprint density at radius 3 is 2.76 bits per heavy atom. The first-order valence-electron chi connectivity index (χ1n) is 6.93. The molecule has 0 saturated carbocycles. The summed E-state index contributed by atoms with van der Waals surface area (Å²) in [4.78, 5) is 24.5. The molecule has 2 amide bonds. The van der Waals surface area contributed by atoms with Gasteiger partial charge < -0.3 is 10.2 Å². The number of carbonyl (C=O) groups excluding carboxylic acids is 2. The van der Waals surface area contributed by atoms with E-state index >= 15 is 0 Å². The number of rotatable bonds is 4. The van der Waals surface area contributed by atoms with E-state index in [1.165, 1.54) is 0 Å². The fourth-order valence-electron chi connectivity index (χ4n) is 2.60. The van der Waals surface area contributed by atoms with Gasteiger partial charge in [0.05, 0.1) is 6.04 Å². The highest BCUT2D eigenvalue weighted by molar-refractivity contribution is 5.81. The van der Waals surface area contributed by atoms with E-state index in [0.717, 1.165) is 23.1 Å². The average Bonchev–Trinajstić information content (AvgIpc) is 2.44. The molecular weight excluding hydrogens is 264 g/mol. The third-order valence-corrected chi connectivity index (χ3v) is 4.02. The molecule has 0 spiro atoms. The number of nitrogens with zero attached hydrogens (tertiary/aromatic N) is 1. The van der Waals surface area contributed by atoms with Crippen LogP contribution in [0.1, 0.15) is 29.5 Å². The van der Waals surface area contributed by atoms with Crippen LogP contribution in [0.5, 0.6) is 0 Å². The van der Waals surface area contributed by atoms with Crippen molar-refractivity contribution in [3.63, 3.8) is 0 Å². The van der Waals surface area contributed by atoms with E-state index in [-0.39, 0.29) is 11.9 Å². The van der Waals surface area contributed by atoms with Gasteiger partial charge >= 0.3 is 0 Å². The summed E-state index contributed by atoms with van der Waals surface area (Å²) in [6.45, 7) is 12.0. The van der Waals surface area contributed by atoms with Gasteiger partial charge in [-0.1, -0.05) is 31.4 Å². The monoisotopic (exact) mass is 284 g/mol. The first-order valence-corrected chi connectivity index (χ1v) is 6.93. The van der Waals surface area contributed by atoms with Gasteiger partial charge in [-0.15, -0.1) is 0 Å². The molecule has 1 unspecified atom stereocenters. The molecule has 1 saturated heterocycles. The molecule has 4 nitrogen and oxygen atoms in total. The van der Waals surface area contributed by atoms with E-state index in [9.17, 15) is 9.59 Å². The summed E-state index contributed by atoms with van der Waals surface area (Å²) >= 11 is 0. The lowest BCUT2D eigenvalue weighted by molar-refractivity contribution is -0.123. The van der Waals surface area contributed by atoms with Crippen molar-refractivity contribution in [1.82, 2.24) is 10.2 Å². The number of hydrogen-bond donors (Lipinski definition) is 1. The van der Waals surface area contributed by atoms with Crippen LogP contribution in [0, 0.1) is 13.8 Å². The van der Waals surface area contributed by atoms with Crippen molar-refractivity contribution in [2.75, 3.05) is 0 Å². The number of aryl methyl sites for hydroxylation is 1. The first kappa shape index (κ1) is 15.0. The van der Waals surface area contributed by atoms with E-state index in [1.54, 1.807) is 4.90 Å². The highest BCUT2D eigenvalue weighted by atomic mass is 16.2. The Kier molecular flexibility index (Phi) is 4.26. The van der Waals surface area contributed by atoms with Crippen LogP contribution in [0.15, 0.2) is 37.1 Å². The summed E-state index contributed by atoms with van der Waals surface area (Å²) in [5.41, 5.74) is 4.36. The zero-order valence-corrected chi connectivity index (χ0v) is 12.5. The molecular formula is C17H20N2O2.